The third-order valence-electron chi connectivity index (χ3n) is 5.09. The molecule has 1 atom stereocenters. The molecule has 3 rings (SSSR count). The summed E-state index contributed by atoms with van der Waals surface area (Å²) in [5, 5.41) is 0. The summed E-state index contributed by atoms with van der Waals surface area (Å²) in [5.41, 5.74) is 1.29. The van der Waals surface area contributed by atoms with Crippen molar-refractivity contribution >= 4 is 0 Å². The largest absolute Gasteiger partial charge is 0.348 e. The van der Waals surface area contributed by atoms with Crippen molar-refractivity contribution in [2.24, 2.45) is 17.8 Å². The van der Waals surface area contributed by atoms with Gasteiger partial charge in [-0.25, -0.2) is 4.98 Å². The van der Waals surface area contributed by atoms with E-state index in [1.54, 1.807) is 6.33 Å². The molecule has 0 bridgehead atoms. The Balaban J connectivity index is 1.42. The zero-order valence-electron chi connectivity index (χ0n) is 12.6. The topological polar surface area (TPSA) is 28.7 Å². The third-order valence-corrected chi connectivity index (χ3v) is 5.09. The van der Waals surface area contributed by atoms with Gasteiger partial charge >= 0.3 is 0 Å². The molecule has 1 aromatic heterocycles. The van der Waals surface area contributed by atoms with Gasteiger partial charge < -0.3 is 4.98 Å². The Morgan fingerprint density at radius 1 is 1.20 bits per heavy atom. The monoisotopic (exact) mass is 272 g/mol. The van der Waals surface area contributed by atoms with Crippen LogP contribution < -0.4 is 0 Å². The van der Waals surface area contributed by atoms with Crippen molar-refractivity contribution in [3.05, 3.63) is 30.4 Å². The van der Waals surface area contributed by atoms with E-state index in [4.69, 9.17) is 0 Å². The Hall–Kier alpha value is -1.05. The van der Waals surface area contributed by atoms with Crippen LogP contribution in [-0.4, -0.2) is 9.97 Å². The summed E-state index contributed by atoms with van der Waals surface area (Å²) in [6.07, 6.45) is 22.8. The maximum atomic E-state index is 4.13. The first-order valence-electron chi connectivity index (χ1n) is 8.56. The van der Waals surface area contributed by atoms with Gasteiger partial charge in [0.2, 0.25) is 0 Å². The number of H-pyrrole nitrogens is 1. The molecule has 0 saturated heterocycles. The van der Waals surface area contributed by atoms with Gasteiger partial charge in [0.1, 0.15) is 0 Å². The number of aromatic nitrogens is 2. The second kappa shape index (κ2) is 7.10. The van der Waals surface area contributed by atoms with Gasteiger partial charge in [0.15, 0.2) is 0 Å². The van der Waals surface area contributed by atoms with Crippen LogP contribution >= 0.6 is 0 Å². The number of rotatable bonds is 7. The maximum absolute atomic E-state index is 4.13. The first-order valence-corrected chi connectivity index (χ1v) is 8.56. The fourth-order valence-electron chi connectivity index (χ4n) is 3.65. The average molecular weight is 272 g/mol. The lowest BCUT2D eigenvalue weighted by Gasteiger charge is -2.20. The summed E-state index contributed by atoms with van der Waals surface area (Å²) in [5.74, 6) is 2.69. The molecule has 110 valence electrons. The summed E-state index contributed by atoms with van der Waals surface area (Å²) >= 11 is 0. The van der Waals surface area contributed by atoms with Crippen molar-refractivity contribution in [3.63, 3.8) is 0 Å². The molecular weight excluding hydrogens is 244 g/mol. The molecule has 2 fully saturated rings. The van der Waals surface area contributed by atoms with Crippen LogP contribution in [0, 0.1) is 17.8 Å². The van der Waals surface area contributed by atoms with Crippen LogP contribution in [0.25, 0.3) is 0 Å². The van der Waals surface area contributed by atoms with Gasteiger partial charge in [-0.05, 0) is 49.9 Å². The number of aromatic amines is 1. The molecule has 0 aliphatic heterocycles. The molecule has 0 spiro atoms. The van der Waals surface area contributed by atoms with Crippen molar-refractivity contribution in [1.82, 2.24) is 9.97 Å². The van der Waals surface area contributed by atoms with Gasteiger partial charge in [-0.15, -0.1) is 0 Å². The van der Waals surface area contributed by atoms with E-state index >= 15 is 0 Å². The highest BCUT2D eigenvalue weighted by atomic mass is 14.9. The van der Waals surface area contributed by atoms with E-state index in [0.29, 0.717) is 0 Å². The molecule has 2 aliphatic carbocycles. The standard InChI is InChI=1S/C18H28N2/c1-2-6-15(7-3-1)8-4-5-9-17(16-10-11-16)12-18-13-19-14-20-18/h5,9,13-17H,1-4,6-8,10-12H2,(H,19,20)/b9-5+/t17-/m1/s1. The van der Waals surface area contributed by atoms with Crippen molar-refractivity contribution in [2.45, 2.75) is 64.2 Å². The van der Waals surface area contributed by atoms with Gasteiger partial charge in [0, 0.05) is 11.9 Å². The van der Waals surface area contributed by atoms with Gasteiger partial charge in [-0.3, -0.25) is 0 Å². The van der Waals surface area contributed by atoms with Crippen LogP contribution in [0.15, 0.2) is 24.7 Å². The van der Waals surface area contributed by atoms with Gasteiger partial charge in [-0.2, -0.15) is 0 Å². The number of allylic oxidation sites excluding steroid dienone is 2. The number of nitrogens with zero attached hydrogens (tertiary/aromatic N) is 1. The van der Waals surface area contributed by atoms with Crippen molar-refractivity contribution in [2.75, 3.05) is 0 Å². The second-order valence-electron chi connectivity index (χ2n) is 6.79. The van der Waals surface area contributed by atoms with Gasteiger partial charge in [-0.1, -0.05) is 44.3 Å². The lowest BCUT2D eigenvalue weighted by Crippen LogP contribution is -2.06. The number of imidazole rings is 1. The van der Waals surface area contributed by atoms with E-state index in [-0.39, 0.29) is 0 Å². The van der Waals surface area contributed by atoms with E-state index < -0.39 is 0 Å². The van der Waals surface area contributed by atoms with Crippen LogP contribution in [0.3, 0.4) is 0 Å². The van der Waals surface area contributed by atoms with Crippen molar-refractivity contribution < 1.29 is 0 Å². The molecule has 0 amide bonds. The number of hydrogen-bond donors (Lipinski definition) is 1. The minimum Gasteiger partial charge on any atom is -0.348 e. The molecule has 0 radical (unpaired) electrons. The molecule has 2 nitrogen and oxygen atoms in total. The Morgan fingerprint density at radius 2 is 2.05 bits per heavy atom. The minimum atomic E-state index is 0.738. The predicted molar refractivity (Wildman–Crippen MR) is 83.5 cm³/mol. The molecule has 20 heavy (non-hydrogen) atoms. The predicted octanol–water partition coefficient (Wildman–Crippen LogP) is 4.90. The quantitative estimate of drug-likeness (QED) is 0.703. The zero-order valence-corrected chi connectivity index (χ0v) is 12.6. The Bertz CT molecular complexity index is 397. The zero-order chi connectivity index (χ0) is 13.6. The highest BCUT2D eigenvalue weighted by Crippen LogP contribution is 2.39. The number of nitrogens with one attached hydrogen (secondary N) is 1. The van der Waals surface area contributed by atoms with Crippen LogP contribution in [0.2, 0.25) is 0 Å². The van der Waals surface area contributed by atoms with Crippen LogP contribution in [-0.2, 0) is 6.42 Å². The molecule has 2 aliphatic rings. The summed E-state index contributed by atoms with van der Waals surface area (Å²) in [4.78, 5) is 7.38. The van der Waals surface area contributed by atoms with E-state index in [1.807, 2.05) is 6.20 Å². The maximum Gasteiger partial charge on any atom is 0.0921 e. The van der Waals surface area contributed by atoms with Crippen LogP contribution in [0.1, 0.15) is 63.5 Å². The Morgan fingerprint density at radius 3 is 2.75 bits per heavy atom. The van der Waals surface area contributed by atoms with Crippen LogP contribution in [0.4, 0.5) is 0 Å². The third kappa shape index (κ3) is 4.22. The van der Waals surface area contributed by atoms with E-state index in [1.165, 1.54) is 63.5 Å². The molecule has 1 heterocycles. The molecule has 2 heteroatoms. The SMILES string of the molecule is C(=C\[C@H](Cc1cnc[nH]1)C1CC1)/CCC1CCCCC1. The Labute approximate surface area is 123 Å². The Kier molecular flexibility index (Phi) is 4.94. The average Bonchev–Trinajstić information content (AvgIpc) is 3.21. The lowest BCUT2D eigenvalue weighted by molar-refractivity contribution is 0.341. The first-order chi connectivity index (χ1) is 9.92. The lowest BCUT2D eigenvalue weighted by atomic mass is 9.86. The fraction of sp³-hybridized carbons (Fsp3) is 0.722. The fourth-order valence-corrected chi connectivity index (χ4v) is 3.65. The summed E-state index contributed by atoms with van der Waals surface area (Å²) in [6.45, 7) is 0. The summed E-state index contributed by atoms with van der Waals surface area (Å²) in [6, 6.07) is 0. The smallest absolute Gasteiger partial charge is 0.0921 e. The van der Waals surface area contributed by atoms with Gasteiger partial charge in [0.25, 0.3) is 0 Å². The van der Waals surface area contributed by atoms with Crippen molar-refractivity contribution in [3.8, 4) is 0 Å². The van der Waals surface area contributed by atoms with Crippen LogP contribution in [0.5, 0.6) is 0 Å². The molecular formula is C18H28N2. The summed E-state index contributed by atoms with van der Waals surface area (Å²) in [7, 11) is 0. The normalized spacial score (nSPS) is 22.4. The molecule has 2 saturated carbocycles. The highest BCUT2D eigenvalue weighted by Gasteiger charge is 2.29. The summed E-state index contributed by atoms with van der Waals surface area (Å²) < 4.78 is 0. The minimum absolute atomic E-state index is 0.738. The first kappa shape index (κ1) is 13.9. The van der Waals surface area contributed by atoms with E-state index in [2.05, 4.69) is 22.1 Å². The van der Waals surface area contributed by atoms with E-state index in [9.17, 15) is 0 Å². The highest BCUT2D eigenvalue weighted by molar-refractivity contribution is 5.05. The molecule has 1 aromatic rings. The molecule has 0 aromatic carbocycles. The van der Waals surface area contributed by atoms with Gasteiger partial charge in [0.05, 0.1) is 6.33 Å². The molecule has 1 N–H and O–H groups in total. The van der Waals surface area contributed by atoms with E-state index in [0.717, 1.165) is 24.2 Å². The van der Waals surface area contributed by atoms with Crippen molar-refractivity contribution in [1.29, 1.82) is 0 Å². The number of hydrogen-bond acceptors (Lipinski definition) is 1. The molecule has 0 unspecified atom stereocenters. The second-order valence-corrected chi connectivity index (χ2v) is 6.79.